The van der Waals surface area contributed by atoms with E-state index < -0.39 is 17.7 Å². The SMILES string of the molecule is CCCCCN1C(=O)C(=O)/C(=C(\O)c2ccc(OC)c(OC)c2)C1c1ccc(OC)cc1. The number of rotatable bonds is 9. The van der Waals surface area contributed by atoms with Gasteiger partial charge in [0.05, 0.1) is 32.9 Å². The molecule has 0 aliphatic carbocycles. The average Bonchev–Trinajstić information content (AvgIpc) is 3.08. The summed E-state index contributed by atoms with van der Waals surface area (Å²) in [5, 5.41) is 11.2. The molecule has 0 spiro atoms. The Labute approximate surface area is 188 Å². The van der Waals surface area contributed by atoms with Gasteiger partial charge in [-0.25, -0.2) is 0 Å². The highest BCUT2D eigenvalue weighted by atomic mass is 16.5. The van der Waals surface area contributed by atoms with Gasteiger partial charge in [0.2, 0.25) is 0 Å². The topological polar surface area (TPSA) is 85.3 Å². The molecular weight excluding hydrogens is 410 g/mol. The number of methoxy groups -OCH3 is 3. The quantitative estimate of drug-likeness (QED) is 0.271. The van der Waals surface area contributed by atoms with E-state index in [1.165, 1.54) is 14.2 Å². The third kappa shape index (κ3) is 4.42. The highest BCUT2D eigenvalue weighted by Gasteiger charge is 2.45. The van der Waals surface area contributed by atoms with Gasteiger partial charge in [0, 0.05) is 12.1 Å². The van der Waals surface area contributed by atoms with E-state index in [4.69, 9.17) is 14.2 Å². The van der Waals surface area contributed by atoms with Gasteiger partial charge >= 0.3 is 0 Å². The normalized spacial score (nSPS) is 17.5. The molecule has 1 heterocycles. The number of unbranched alkanes of at least 4 members (excludes halogenated alkanes) is 2. The number of carbonyl (C=O) groups excluding carboxylic acids is 2. The van der Waals surface area contributed by atoms with E-state index in [0.29, 0.717) is 29.4 Å². The summed E-state index contributed by atoms with van der Waals surface area (Å²) in [5.41, 5.74) is 1.15. The molecule has 3 rings (SSSR count). The molecule has 2 aromatic carbocycles. The van der Waals surface area contributed by atoms with E-state index in [1.807, 2.05) is 12.1 Å². The summed E-state index contributed by atoms with van der Waals surface area (Å²) >= 11 is 0. The van der Waals surface area contributed by atoms with Crippen molar-refractivity contribution in [3.63, 3.8) is 0 Å². The number of carbonyl (C=O) groups is 2. The van der Waals surface area contributed by atoms with Crippen LogP contribution >= 0.6 is 0 Å². The molecule has 32 heavy (non-hydrogen) atoms. The predicted octanol–water partition coefficient (Wildman–Crippen LogP) is 4.32. The number of nitrogens with zero attached hydrogens (tertiary/aromatic N) is 1. The van der Waals surface area contributed by atoms with E-state index in [1.54, 1.807) is 42.3 Å². The first-order valence-corrected chi connectivity index (χ1v) is 10.6. The van der Waals surface area contributed by atoms with Crippen molar-refractivity contribution in [2.75, 3.05) is 27.9 Å². The molecule has 1 saturated heterocycles. The van der Waals surface area contributed by atoms with E-state index in [-0.39, 0.29) is 11.3 Å². The molecule has 7 nitrogen and oxygen atoms in total. The van der Waals surface area contributed by atoms with Gasteiger partial charge in [-0.1, -0.05) is 31.9 Å². The van der Waals surface area contributed by atoms with Gasteiger partial charge in [0.25, 0.3) is 11.7 Å². The van der Waals surface area contributed by atoms with Crippen LogP contribution in [-0.4, -0.2) is 49.6 Å². The number of Topliss-reactive ketones (excluding diaryl/α,β-unsaturated/α-hetero) is 1. The molecular formula is C25H29NO6. The van der Waals surface area contributed by atoms with Gasteiger partial charge in [-0.3, -0.25) is 9.59 Å². The second kappa shape index (κ2) is 10.2. The molecule has 170 valence electrons. The van der Waals surface area contributed by atoms with E-state index in [2.05, 4.69) is 6.92 Å². The van der Waals surface area contributed by atoms with E-state index >= 15 is 0 Å². The molecule has 0 radical (unpaired) electrons. The maximum atomic E-state index is 13.1. The lowest BCUT2D eigenvalue weighted by molar-refractivity contribution is -0.139. The van der Waals surface area contributed by atoms with Crippen molar-refractivity contribution in [3.05, 3.63) is 59.2 Å². The molecule has 0 saturated carbocycles. The Kier molecular flexibility index (Phi) is 7.41. The first-order chi connectivity index (χ1) is 15.5. The highest BCUT2D eigenvalue weighted by Crippen LogP contribution is 2.41. The van der Waals surface area contributed by atoms with Crippen molar-refractivity contribution in [2.24, 2.45) is 0 Å². The van der Waals surface area contributed by atoms with E-state index in [0.717, 1.165) is 24.8 Å². The van der Waals surface area contributed by atoms with Crippen molar-refractivity contribution in [1.29, 1.82) is 0 Å². The minimum absolute atomic E-state index is 0.0592. The molecule has 1 atom stereocenters. The number of hydrogen-bond acceptors (Lipinski definition) is 6. The van der Waals surface area contributed by atoms with Crippen molar-refractivity contribution in [3.8, 4) is 17.2 Å². The zero-order chi connectivity index (χ0) is 23.3. The molecule has 1 aliphatic heterocycles. The van der Waals surface area contributed by atoms with Gasteiger partial charge in [-0.05, 0) is 42.3 Å². The predicted molar refractivity (Wildman–Crippen MR) is 121 cm³/mol. The van der Waals surface area contributed by atoms with Gasteiger partial charge in [-0.2, -0.15) is 0 Å². The fraction of sp³-hybridized carbons (Fsp3) is 0.360. The first kappa shape index (κ1) is 23.2. The van der Waals surface area contributed by atoms with Gasteiger partial charge in [0.15, 0.2) is 11.5 Å². The van der Waals surface area contributed by atoms with Crippen molar-refractivity contribution >= 4 is 17.4 Å². The number of aliphatic hydroxyl groups is 1. The molecule has 2 aromatic rings. The minimum atomic E-state index is -0.699. The standard InChI is InChI=1S/C25H29NO6/c1-5-6-7-14-26-22(16-8-11-18(30-2)12-9-16)21(24(28)25(26)29)23(27)17-10-13-19(31-3)20(15-17)32-4/h8-13,15,22,27H,5-7,14H2,1-4H3/b23-21-. The Hall–Kier alpha value is -3.48. The highest BCUT2D eigenvalue weighted by molar-refractivity contribution is 6.46. The van der Waals surface area contributed by atoms with E-state index in [9.17, 15) is 14.7 Å². The van der Waals surface area contributed by atoms with Gasteiger partial charge in [-0.15, -0.1) is 0 Å². The Morgan fingerprint density at radius 3 is 2.22 bits per heavy atom. The molecule has 1 amide bonds. The summed E-state index contributed by atoms with van der Waals surface area (Å²) < 4.78 is 15.8. The molecule has 1 fully saturated rings. The fourth-order valence-corrected chi connectivity index (χ4v) is 3.91. The largest absolute Gasteiger partial charge is 0.507 e. The van der Waals surface area contributed by atoms with Crippen molar-refractivity contribution in [1.82, 2.24) is 4.90 Å². The fourth-order valence-electron chi connectivity index (χ4n) is 3.91. The number of aliphatic hydroxyl groups excluding tert-OH is 1. The van der Waals surface area contributed by atoms with Crippen molar-refractivity contribution < 1.29 is 28.9 Å². The second-order valence-electron chi connectivity index (χ2n) is 7.54. The molecule has 7 heteroatoms. The summed E-state index contributed by atoms with van der Waals surface area (Å²) in [6.07, 6.45) is 2.70. The summed E-state index contributed by atoms with van der Waals surface area (Å²) in [6, 6.07) is 11.3. The maximum Gasteiger partial charge on any atom is 0.295 e. The zero-order valence-electron chi connectivity index (χ0n) is 18.9. The summed E-state index contributed by atoms with van der Waals surface area (Å²) in [5.74, 6) is 0.0173. The molecule has 1 aliphatic rings. The summed E-state index contributed by atoms with van der Waals surface area (Å²) in [6.45, 7) is 2.50. The van der Waals surface area contributed by atoms with Crippen LogP contribution in [0.1, 0.15) is 43.4 Å². The number of benzene rings is 2. The third-order valence-electron chi connectivity index (χ3n) is 5.63. The number of hydrogen-bond donors (Lipinski definition) is 1. The summed E-state index contributed by atoms with van der Waals surface area (Å²) in [4.78, 5) is 27.5. The Morgan fingerprint density at radius 2 is 1.62 bits per heavy atom. The maximum absolute atomic E-state index is 13.1. The Morgan fingerprint density at radius 1 is 0.938 bits per heavy atom. The zero-order valence-corrected chi connectivity index (χ0v) is 18.9. The number of ketones is 1. The molecule has 1 unspecified atom stereocenters. The lowest BCUT2D eigenvalue weighted by Crippen LogP contribution is -2.30. The number of amides is 1. The number of ether oxygens (including phenoxy) is 3. The molecule has 1 N–H and O–H groups in total. The Bertz CT molecular complexity index is 1010. The van der Waals surface area contributed by atoms with Crippen LogP contribution in [0.2, 0.25) is 0 Å². The molecule has 0 bridgehead atoms. The lowest BCUT2D eigenvalue weighted by Gasteiger charge is -2.25. The molecule has 0 aromatic heterocycles. The minimum Gasteiger partial charge on any atom is -0.507 e. The monoisotopic (exact) mass is 439 g/mol. The second-order valence-corrected chi connectivity index (χ2v) is 7.54. The van der Waals surface area contributed by atoms with Crippen LogP contribution in [0.25, 0.3) is 5.76 Å². The first-order valence-electron chi connectivity index (χ1n) is 10.6. The van der Waals surface area contributed by atoms with Crippen LogP contribution in [0.4, 0.5) is 0 Å². The van der Waals surface area contributed by atoms with Gasteiger partial charge in [0.1, 0.15) is 11.5 Å². The Balaban J connectivity index is 2.13. The van der Waals surface area contributed by atoms with Crippen LogP contribution in [0.3, 0.4) is 0 Å². The third-order valence-corrected chi connectivity index (χ3v) is 5.63. The van der Waals surface area contributed by atoms with Crippen LogP contribution in [0.15, 0.2) is 48.0 Å². The average molecular weight is 440 g/mol. The van der Waals surface area contributed by atoms with Crippen LogP contribution < -0.4 is 14.2 Å². The van der Waals surface area contributed by atoms with Crippen LogP contribution in [0.5, 0.6) is 17.2 Å². The van der Waals surface area contributed by atoms with Crippen LogP contribution in [-0.2, 0) is 9.59 Å². The number of likely N-dealkylation sites (tertiary alicyclic amines) is 1. The van der Waals surface area contributed by atoms with Crippen molar-refractivity contribution in [2.45, 2.75) is 32.2 Å². The smallest absolute Gasteiger partial charge is 0.295 e. The van der Waals surface area contributed by atoms with Gasteiger partial charge < -0.3 is 24.2 Å². The summed E-state index contributed by atoms with van der Waals surface area (Å²) in [7, 11) is 4.58. The lowest BCUT2D eigenvalue weighted by atomic mass is 9.95. The van der Waals surface area contributed by atoms with Crippen LogP contribution in [0, 0.1) is 0 Å².